The Kier molecular flexibility index (Phi) is 3.16. The molecular weight excluding hydrogens is 249 g/mol. The Hall–Kier alpha value is -1.76. The number of ether oxygens (including phenoxy) is 1. The molecule has 1 aromatic carbocycles. The fourth-order valence-corrected chi connectivity index (χ4v) is 1.81. The summed E-state index contributed by atoms with van der Waals surface area (Å²) in [5.74, 6) is -0.646. The van der Waals surface area contributed by atoms with Gasteiger partial charge >= 0.3 is 6.36 Å². The fraction of sp³-hybridized carbons (Fsp3) is 0.364. The van der Waals surface area contributed by atoms with Crippen LogP contribution in [-0.2, 0) is 4.79 Å². The quantitative estimate of drug-likeness (QED) is 0.879. The second kappa shape index (κ2) is 4.49. The number of rotatable bonds is 2. The van der Waals surface area contributed by atoms with E-state index in [1.54, 1.807) is 6.07 Å². The number of anilines is 1. The van der Waals surface area contributed by atoms with Gasteiger partial charge in [-0.15, -0.1) is 13.2 Å². The second-order valence-corrected chi connectivity index (χ2v) is 3.93. The van der Waals surface area contributed by atoms with Gasteiger partial charge < -0.3 is 15.4 Å². The van der Waals surface area contributed by atoms with Gasteiger partial charge in [-0.3, -0.25) is 4.79 Å². The molecule has 0 saturated carbocycles. The molecule has 1 fully saturated rings. The topological polar surface area (TPSA) is 55.6 Å². The van der Waals surface area contributed by atoms with Gasteiger partial charge in [0.25, 0.3) is 0 Å². The van der Waals surface area contributed by atoms with Crippen LogP contribution in [0, 0.1) is 0 Å². The number of nitrogens with two attached hydrogens (primary N) is 1. The van der Waals surface area contributed by atoms with Crippen LogP contribution < -0.4 is 15.4 Å². The molecule has 1 aliphatic heterocycles. The fourth-order valence-electron chi connectivity index (χ4n) is 1.81. The lowest BCUT2D eigenvalue weighted by Crippen LogP contribution is -2.33. The molecule has 98 valence electrons. The lowest BCUT2D eigenvalue weighted by Gasteiger charge is -2.17. The van der Waals surface area contributed by atoms with Gasteiger partial charge in [0.05, 0.1) is 6.04 Å². The Morgan fingerprint density at radius 3 is 2.67 bits per heavy atom. The van der Waals surface area contributed by atoms with Crippen molar-refractivity contribution in [3.05, 3.63) is 24.3 Å². The zero-order valence-electron chi connectivity index (χ0n) is 9.28. The Labute approximate surface area is 101 Å². The molecule has 7 heteroatoms. The molecule has 0 unspecified atom stereocenters. The van der Waals surface area contributed by atoms with E-state index in [-0.39, 0.29) is 11.7 Å². The first kappa shape index (κ1) is 12.7. The van der Waals surface area contributed by atoms with E-state index in [2.05, 4.69) is 4.74 Å². The molecule has 1 atom stereocenters. The number of hydrogen-bond acceptors (Lipinski definition) is 3. The molecule has 0 aromatic heterocycles. The number of halogens is 3. The highest BCUT2D eigenvalue weighted by Gasteiger charge is 2.32. The van der Waals surface area contributed by atoms with Gasteiger partial charge in [-0.2, -0.15) is 0 Å². The standard InChI is InChI=1S/C11H11F3N2O2/c12-11(13,14)18-8-3-1-2-7(6-8)16-5-4-9(15)10(16)17/h1-3,6,9H,4-5,15H2/t9-/m0/s1. The third-order valence-electron chi connectivity index (χ3n) is 2.61. The molecule has 1 amide bonds. The summed E-state index contributed by atoms with van der Waals surface area (Å²) in [5.41, 5.74) is 5.90. The first-order valence-electron chi connectivity index (χ1n) is 5.29. The lowest BCUT2D eigenvalue weighted by atomic mass is 10.2. The summed E-state index contributed by atoms with van der Waals surface area (Å²) in [7, 11) is 0. The maximum Gasteiger partial charge on any atom is 0.573 e. The number of benzene rings is 1. The minimum absolute atomic E-state index is 0.292. The van der Waals surface area contributed by atoms with Crippen LogP contribution >= 0.6 is 0 Å². The highest BCUT2D eigenvalue weighted by atomic mass is 19.4. The van der Waals surface area contributed by atoms with Gasteiger partial charge in [0.15, 0.2) is 0 Å². The first-order chi connectivity index (χ1) is 8.37. The van der Waals surface area contributed by atoms with Gasteiger partial charge in [-0.25, -0.2) is 0 Å². The number of carbonyl (C=O) groups excluding carboxylic acids is 1. The normalized spacial score (nSPS) is 20.3. The largest absolute Gasteiger partial charge is 0.573 e. The minimum atomic E-state index is -4.75. The van der Waals surface area contributed by atoms with Crippen molar-refractivity contribution in [3.63, 3.8) is 0 Å². The van der Waals surface area contributed by atoms with Crippen LogP contribution in [0.4, 0.5) is 18.9 Å². The number of nitrogens with zero attached hydrogens (tertiary/aromatic N) is 1. The summed E-state index contributed by atoms with van der Waals surface area (Å²) in [6.07, 6.45) is -4.26. The molecule has 0 radical (unpaired) electrons. The molecule has 18 heavy (non-hydrogen) atoms. The van der Waals surface area contributed by atoms with Crippen molar-refractivity contribution in [1.82, 2.24) is 0 Å². The highest BCUT2D eigenvalue weighted by Crippen LogP contribution is 2.28. The minimum Gasteiger partial charge on any atom is -0.406 e. The average molecular weight is 260 g/mol. The molecule has 1 aliphatic rings. The molecule has 0 bridgehead atoms. The molecule has 2 rings (SSSR count). The van der Waals surface area contributed by atoms with Crippen LogP contribution in [0.15, 0.2) is 24.3 Å². The Morgan fingerprint density at radius 1 is 1.39 bits per heavy atom. The summed E-state index contributed by atoms with van der Waals surface area (Å²) in [6.45, 7) is 0.398. The molecule has 1 saturated heterocycles. The zero-order chi connectivity index (χ0) is 13.3. The monoisotopic (exact) mass is 260 g/mol. The van der Waals surface area contributed by atoms with Crippen LogP contribution in [0.1, 0.15) is 6.42 Å². The van der Waals surface area contributed by atoms with Gasteiger partial charge in [0, 0.05) is 18.3 Å². The smallest absolute Gasteiger partial charge is 0.406 e. The van der Waals surface area contributed by atoms with Gasteiger partial charge in [0.2, 0.25) is 5.91 Å². The third kappa shape index (κ3) is 2.73. The maximum absolute atomic E-state index is 12.1. The van der Waals surface area contributed by atoms with Crippen molar-refractivity contribution in [2.24, 2.45) is 5.73 Å². The number of carbonyl (C=O) groups is 1. The summed E-state index contributed by atoms with van der Waals surface area (Å²) in [5, 5.41) is 0. The Balaban J connectivity index is 2.20. The third-order valence-corrected chi connectivity index (χ3v) is 2.61. The summed E-state index contributed by atoms with van der Waals surface area (Å²) in [4.78, 5) is 13.0. The predicted octanol–water partition coefficient (Wildman–Crippen LogP) is 1.65. The van der Waals surface area contributed by atoms with Crippen molar-refractivity contribution in [2.75, 3.05) is 11.4 Å². The molecule has 0 aliphatic carbocycles. The Bertz CT molecular complexity index is 462. The number of alkyl halides is 3. The van der Waals surface area contributed by atoms with Crippen molar-refractivity contribution < 1.29 is 22.7 Å². The van der Waals surface area contributed by atoms with Crippen LogP contribution in [0.2, 0.25) is 0 Å². The van der Waals surface area contributed by atoms with E-state index < -0.39 is 12.4 Å². The van der Waals surface area contributed by atoms with E-state index in [1.807, 2.05) is 0 Å². The van der Waals surface area contributed by atoms with E-state index in [0.717, 1.165) is 0 Å². The molecule has 0 spiro atoms. The predicted molar refractivity (Wildman–Crippen MR) is 58.1 cm³/mol. The van der Waals surface area contributed by atoms with Crippen molar-refractivity contribution in [2.45, 2.75) is 18.8 Å². The van der Waals surface area contributed by atoms with Crippen LogP contribution in [-0.4, -0.2) is 24.9 Å². The van der Waals surface area contributed by atoms with Gasteiger partial charge in [0.1, 0.15) is 5.75 Å². The van der Waals surface area contributed by atoms with E-state index in [4.69, 9.17) is 5.73 Å². The van der Waals surface area contributed by atoms with E-state index in [1.165, 1.54) is 23.1 Å². The SMILES string of the molecule is N[C@H]1CCN(c2cccc(OC(F)(F)F)c2)C1=O. The number of hydrogen-bond donors (Lipinski definition) is 1. The lowest BCUT2D eigenvalue weighted by molar-refractivity contribution is -0.274. The van der Waals surface area contributed by atoms with Crippen molar-refractivity contribution in [3.8, 4) is 5.75 Å². The maximum atomic E-state index is 12.1. The average Bonchev–Trinajstić information content (AvgIpc) is 2.58. The summed E-state index contributed by atoms with van der Waals surface area (Å²) < 4.78 is 40.0. The molecule has 4 nitrogen and oxygen atoms in total. The van der Waals surface area contributed by atoms with Crippen LogP contribution in [0.5, 0.6) is 5.75 Å². The molecular formula is C11H11F3N2O2. The summed E-state index contributed by atoms with van der Waals surface area (Å²) in [6, 6.07) is 4.70. The molecule has 1 heterocycles. The Morgan fingerprint density at radius 2 is 2.11 bits per heavy atom. The van der Waals surface area contributed by atoms with Crippen molar-refractivity contribution in [1.29, 1.82) is 0 Å². The van der Waals surface area contributed by atoms with Crippen LogP contribution in [0.3, 0.4) is 0 Å². The first-order valence-corrected chi connectivity index (χ1v) is 5.29. The van der Waals surface area contributed by atoms with E-state index >= 15 is 0 Å². The van der Waals surface area contributed by atoms with Crippen molar-refractivity contribution >= 4 is 11.6 Å². The van der Waals surface area contributed by atoms with Gasteiger partial charge in [-0.1, -0.05) is 6.07 Å². The molecule has 2 N–H and O–H groups in total. The second-order valence-electron chi connectivity index (χ2n) is 3.93. The zero-order valence-corrected chi connectivity index (χ0v) is 9.28. The summed E-state index contributed by atoms with van der Waals surface area (Å²) >= 11 is 0. The van der Waals surface area contributed by atoms with E-state index in [9.17, 15) is 18.0 Å². The van der Waals surface area contributed by atoms with Crippen LogP contribution in [0.25, 0.3) is 0 Å². The van der Waals surface area contributed by atoms with Gasteiger partial charge in [-0.05, 0) is 18.6 Å². The molecule has 1 aromatic rings. The van der Waals surface area contributed by atoms with E-state index in [0.29, 0.717) is 18.7 Å². The highest BCUT2D eigenvalue weighted by molar-refractivity contribution is 5.99. The number of amides is 1.